The number of para-hydroxylation sites is 1. The highest BCUT2D eigenvalue weighted by Gasteiger charge is 2.22. The van der Waals surface area contributed by atoms with E-state index in [1.54, 1.807) is 54.6 Å². The molecule has 24 heavy (non-hydrogen) atoms. The van der Waals surface area contributed by atoms with Crippen molar-refractivity contribution in [2.75, 3.05) is 0 Å². The summed E-state index contributed by atoms with van der Waals surface area (Å²) >= 11 is 0. The Balaban J connectivity index is 1.96. The monoisotopic (exact) mass is 321 g/mol. The summed E-state index contributed by atoms with van der Waals surface area (Å²) in [6.07, 6.45) is 1.34. The summed E-state index contributed by atoms with van der Waals surface area (Å²) in [7, 11) is 0. The summed E-state index contributed by atoms with van der Waals surface area (Å²) in [4.78, 5) is 39.5. The Morgan fingerprint density at radius 2 is 1.67 bits per heavy atom. The molecule has 0 bridgehead atoms. The molecular formula is C18H15N3O3. The highest BCUT2D eigenvalue weighted by atomic mass is 16.2. The minimum absolute atomic E-state index is 0.0733. The molecule has 6 heteroatoms. The van der Waals surface area contributed by atoms with Gasteiger partial charge in [-0.2, -0.15) is 0 Å². The quantitative estimate of drug-likeness (QED) is 0.678. The van der Waals surface area contributed by atoms with Gasteiger partial charge in [0.05, 0.1) is 0 Å². The Labute approximate surface area is 137 Å². The molecule has 0 saturated carbocycles. The average molecular weight is 321 g/mol. The molecule has 0 spiro atoms. The summed E-state index contributed by atoms with van der Waals surface area (Å²) in [6.45, 7) is 0. The third-order valence-corrected chi connectivity index (χ3v) is 3.73. The van der Waals surface area contributed by atoms with E-state index in [4.69, 9.17) is 5.73 Å². The fourth-order valence-electron chi connectivity index (χ4n) is 2.51. The van der Waals surface area contributed by atoms with Gasteiger partial charge in [-0.25, -0.2) is 0 Å². The topological polar surface area (TPSA) is 105 Å². The molecular weight excluding hydrogens is 306 g/mol. The van der Waals surface area contributed by atoms with Crippen LogP contribution in [-0.4, -0.2) is 16.8 Å². The van der Waals surface area contributed by atoms with Crippen molar-refractivity contribution in [1.29, 1.82) is 0 Å². The smallest absolute Gasteiger partial charge is 0.257 e. The van der Waals surface area contributed by atoms with E-state index in [0.717, 1.165) is 0 Å². The number of amides is 2. The van der Waals surface area contributed by atoms with Gasteiger partial charge in [0, 0.05) is 17.1 Å². The molecule has 0 aliphatic carbocycles. The van der Waals surface area contributed by atoms with Crippen molar-refractivity contribution in [3.8, 4) is 0 Å². The summed E-state index contributed by atoms with van der Waals surface area (Å²) in [6, 6.07) is 14.5. The largest absolute Gasteiger partial charge is 0.368 e. The van der Waals surface area contributed by atoms with E-state index in [0.29, 0.717) is 16.5 Å². The normalized spacial score (nSPS) is 11.8. The molecule has 1 heterocycles. The van der Waals surface area contributed by atoms with Gasteiger partial charge in [0.25, 0.3) is 5.91 Å². The van der Waals surface area contributed by atoms with Crippen LogP contribution in [0.15, 0.2) is 65.6 Å². The van der Waals surface area contributed by atoms with Crippen LogP contribution in [0, 0.1) is 0 Å². The van der Waals surface area contributed by atoms with Gasteiger partial charge in [-0.05, 0) is 17.7 Å². The number of nitrogens with one attached hydrogen (secondary N) is 2. The first-order valence-electron chi connectivity index (χ1n) is 7.33. The molecule has 0 aliphatic rings. The van der Waals surface area contributed by atoms with E-state index in [-0.39, 0.29) is 5.56 Å². The number of hydrogen-bond donors (Lipinski definition) is 3. The number of benzene rings is 2. The summed E-state index contributed by atoms with van der Waals surface area (Å²) in [5, 5.41) is 2.92. The zero-order valence-corrected chi connectivity index (χ0v) is 12.7. The highest BCUT2D eigenvalue weighted by molar-refractivity contribution is 5.99. The van der Waals surface area contributed by atoms with Crippen molar-refractivity contribution in [3.63, 3.8) is 0 Å². The number of carbonyl (C=O) groups is 2. The van der Waals surface area contributed by atoms with Crippen molar-refractivity contribution in [1.82, 2.24) is 10.3 Å². The van der Waals surface area contributed by atoms with Crippen LogP contribution in [0.2, 0.25) is 0 Å². The van der Waals surface area contributed by atoms with E-state index < -0.39 is 23.3 Å². The molecule has 3 aromatic rings. The van der Waals surface area contributed by atoms with Gasteiger partial charge in [-0.1, -0.05) is 42.5 Å². The van der Waals surface area contributed by atoms with Gasteiger partial charge < -0.3 is 16.0 Å². The molecule has 1 atom stereocenters. The van der Waals surface area contributed by atoms with Crippen molar-refractivity contribution in [2.45, 2.75) is 6.04 Å². The van der Waals surface area contributed by atoms with Crippen LogP contribution in [0.5, 0.6) is 0 Å². The van der Waals surface area contributed by atoms with E-state index >= 15 is 0 Å². The minimum Gasteiger partial charge on any atom is -0.368 e. The van der Waals surface area contributed by atoms with Crippen LogP contribution >= 0.6 is 0 Å². The van der Waals surface area contributed by atoms with Crippen LogP contribution in [-0.2, 0) is 4.79 Å². The molecule has 6 nitrogen and oxygen atoms in total. The van der Waals surface area contributed by atoms with Gasteiger partial charge in [-0.15, -0.1) is 0 Å². The lowest BCUT2D eigenvalue weighted by Crippen LogP contribution is -2.39. The van der Waals surface area contributed by atoms with Gasteiger partial charge in [0.2, 0.25) is 11.3 Å². The number of aromatic nitrogens is 1. The summed E-state index contributed by atoms with van der Waals surface area (Å²) in [5.41, 5.74) is 6.09. The van der Waals surface area contributed by atoms with E-state index in [1.807, 2.05) is 0 Å². The number of hydrogen-bond acceptors (Lipinski definition) is 3. The number of pyridine rings is 1. The van der Waals surface area contributed by atoms with Crippen LogP contribution in [0.3, 0.4) is 0 Å². The Morgan fingerprint density at radius 3 is 2.38 bits per heavy atom. The first-order chi connectivity index (χ1) is 11.6. The molecule has 120 valence electrons. The molecule has 4 N–H and O–H groups in total. The van der Waals surface area contributed by atoms with Crippen LogP contribution in [0.4, 0.5) is 0 Å². The molecule has 0 fully saturated rings. The number of fused-ring (bicyclic) bond motifs is 1. The fraction of sp³-hybridized carbons (Fsp3) is 0.0556. The first-order valence-corrected chi connectivity index (χ1v) is 7.33. The van der Waals surface area contributed by atoms with Gasteiger partial charge in [0.15, 0.2) is 0 Å². The fourth-order valence-corrected chi connectivity index (χ4v) is 2.51. The molecule has 0 unspecified atom stereocenters. The third-order valence-electron chi connectivity index (χ3n) is 3.73. The number of aromatic amines is 1. The SMILES string of the molecule is NC(=O)[C@H](NC(=O)c1c[nH]c2ccccc2c1=O)c1ccccc1. The number of rotatable bonds is 4. The van der Waals surface area contributed by atoms with E-state index in [2.05, 4.69) is 10.3 Å². The second kappa shape index (κ2) is 6.37. The lowest BCUT2D eigenvalue weighted by Gasteiger charge is -2.15. The zero-order valence-electron chi connectivity index (χ0n) is 12.7. The second-order valence-electron chi connectivity index (χ2n) is 5.30. The van der Waals surface area contributed by atoms with Crippen molar-refractivity contribution in [3.05, 3.63) is 82.1 Å². The summed E-state index contributed by atoms with van der Waals surface area (Å²) < 4.78 is 0. The first kappa shape index (κ1) is 15.5. The maximum Gasteiger partial charge on any atom is 0.257 e. The standard InChI is InChI=1S/C18H15N3O3/c19-17(23)15(11-6-2-1-3-7-11)21-18(24)13-10-20-14-9-5-4-8-12(14)16(13)22/h1-10,15H,(H2,19,23)(H,20,22)(H,21,24)/t15-/m1/s1. The molecule has 0 aliphatic heterocycles. The number of carbonyl (C=O) groups excluding carboxylic acids is 2. The molecule has 0 saturated heterocycles. The lowest BCUT2D eigenvalue weighted by molar-refractivity contribution is -0.120. The predicted molar refractivity (Wildman–Crippen MR) is 90.4 cm³/mol. The van der Waals surface area contributed by atoms with Gasteiger partial charge in [-0.3, -0.25) is 14.4 Å². The van der Waals surface area contributed by atoms with Crippen molar-refractivity contribution < 1.29 is 9.59 Å². The van der Waals surface area contributed by atoms with Crippen LogP contribution in [0.25, 0.3) is 10.9 Å². The molecule has 2 aromatic carbocycles. The summed E-state index contributed by atoms with van der Waals surface area (Å²) in [5.74, 6) is -1.36. The van der Waals surface area contributed by atoms with Crippen molar-refractivity contribution >= 4 is 22.7 Å². The second-order valence-corrected chi connectivity index (χ2v) is 5.30. The number of H-pyrrole nitrogens is 1. The maximum atomic E-state index is 12.5. The Morgan fingerprint density at radius 1 is 1.00 bits per heavy atom. The average Bonchev–Trinajstić information content (AvgIpc) is 2.60. The maximum absolute atomic E-state index is 12.5. The number of primary amides is 1. The third kappa shape index (κ3) is 2.89. The Bertz CT molecular complexity index is 964. The van der Waals surface area contributed by atoms with Gasteiger partial charge >= 0.3 is 0 Å². The lowest BCUT2D eigenvalue weighted by atomic mass is 10.1. The Kier molecular flexibility index (Phi) is 4.11. The van der Waals surface area contributed by atoms with E-state index in [9.17, 15) is 14.4 Å². The Hall–Kier alpha value is -3.41. The molecule has 3 rings (SSSR count). The minimum atomic E-state index is -1.01. The van der Waals surface area contributed by atoms with Gasteiger partial charge in [0.1, 0.15) is 11.6 Å². The number of nitrogens with two attached hydrogens (primary N) is 1. The predicted octanol–water partition coefficient (Wildman–Crippen LogP) is 1.48. The van der Waals surface area contributed by atoms with E-state index in [1.165, 1.54) is 6.20 Å². The molecule has 0 radical (unpaired) electrons. The van der Waals surface area contributed by atoms with Crippen molar-refractivity contribution in [2.24, 2.45) is 5.73 Å². The zero-order chi connectivity index (χ0) is 17.1. The molecule has 1 aromatic heterocycles. The highest BCUT2D eigenvalue weighted by Crippen LogP contribution is 2.13. The molecule has 2 amide bonds. The van der Waals surface area contributed by atoms with Crippen LogP contribution < -0.4 is 16.5 Å². The van der Waals surface area contributed by atoms with Crippen LogP contribution in [0.1, 0.15) is 22.0 Å².